The molecule has 1 aromatic carbocycles. The molecular formula is C17H26O4S. The molecule has 2 atom stereocenters. The first-order valence-corrected chi connectivity index (χ1v) is 9.58. The maximum Gasteiger partial charge on any atom is 0.297 e. The van der Waals surface area contributed by atoms with Crippen molar-refractivity contribution in [3.05, 3.63) is 29.8 Å². The maximum atomic E-state index is 12.4. The molecule has 0 saturated heterocycles. The standard InChI is InChI=1S/C17H26O4S/c1-14-10-12-15(13-11-14)22(19,20)21-17-9-7-5-3-2-4-6-8-16(17)18/h10-13,16-18H,2-9H2,1H3/t16-,17-/m1/s1. The largest absolute Gasteiger partial charge is 0.390 e. The minimum absolute atomic E-state index is 0.155. The zero-order valence-corrected chi connectivity index (χ0v) is 14.0. The molecule has 0 aliphatic heterocycles. The van der Waals surface area contributed by atoms with Gasteiger partial charge < -0.3 is 5.11 Å². The second-order valence-electron chi connectivity index (χ2n) is 6.17. The molecule has 0 spiro atoms. The molecule has 5 heteroatoms. The van der Waals surface area contributed by atoms with Crippen LogP contribution in [-0.4, -0.2) is 25.7 Å². The van der Waals surface area contributed by atoms with Gasteiger partial charge in [-0.3, -0.25) is 4.18 Å². The van der Waals surface area contributed by atoms with Crippen molar-refractivity contribution in [3.63, 3.8) is 0 Å². The van der Waals surface area contributed by atoms with Gasteiger partial charge in [-0.05, 0) is 31.9 Å². The molecule has 1 fully saturated rings. The summed E-state index contributed by atoms with van der Waals surface area (Å²) in [6.07, 6.45) is 6.19. The third-order valence-electron chi connectivity index (χ3n) is 4.23. The average Bonchev–Trinajstić information content (AvgIpc) is 2.48. The van der Waals surface area contributed by atoms with Gasteiger partial charge in [-0.15, -0.1) is 0 Å². The molecule has 22 heavy (non-hydrogen) atoms. The highest BCUT2D eigenvalue weighted by molar-refractivity contribution is 7.86. The molecule has 0 heterocycles. The predicted molar refractivity (Wildman–Crippen MR) is 86.2 cm³/mol. The fourth-order valence-corrected chi connectivity index (χ4v) is 3.95. The van der Waals surface area contributed by atoms with Gasteiger partial charge in [0.15, 0.2) is 0 Å². The SMILES string of the molecule is Cc1ccc(S(=O)(=O)O[C@@H]2CCCCCCCC[C@H]2O)cc1. The fourth-order valence-electron chi connectivity index (χ4n) is 2.82. The van der Waals surface area contributed by atoms with E-state index in [-0.39, 0.29) is 4.90 Å². The number of rotatable bonds is 3. The second kappa shape index (κ2) is 8.09. The summed E-state index contributed by atoms with van der Waals surface area (Å²) in [6, 6.07) is 6.61. The molecule has 1 aliphatic carbocycles. The van der Waals surface area contributed by atoms with Gasteiger partial charge >= 0.3 is 0 Å². The number of aliphatic hydroxyl groups is 1. The van der Waals surface area contributed by atoms with Crippen molar-refractivity contribution in [2.24, 2.45) is 0 Å². The molecule has 124 valence electrons. The predicted octanol–water partition coefficient (Wildman–Crippen LogP) is 3.56. The Morgan fingerprint density at radius 2 is 1.50 bits per heavy atom. The number of benzene rings is 1. The highest BCUT2D eigenvalue weighted by Gasteiger charge is 2.27. The van der Waals surface area contributed by atoms with Crippen LogP contribution in [0.4, 0.5) is 0 Å². The van der Waals surface area contributed by atoms with Gasteiger partial charge in [0.05, 0.1) is 11.0 Å². The molecule has 1 aliphatic rings. The Kier molecular flexibility index (Phi) is 6.41. The topological polar surface area (TPSA) is 63.6 Å². The smallest absolute Gasteiger partial charge is 0.297 e. The Morgan fingerprint density at radius 1 is 0.955 bits per heavy atom. The van der Waals surface area contributed by atoms with Gasteiger partial charge in [0.1, 0.15) is 6.10 Å². The summed E-state index contributed by atoms with van der Waals surface area (Å²) in [5, 5.41) is 10.3. The van der Waals surface area contributed by atoms with Crippen molar-refractivity contribution in [1.82, 2.24) is 0 Å². The summed E-state index contributed by atoms with van der Waals surface area (Å²) in [4.78, 5) is 0.155. The van der Waals surface area contributed by atoms with Crippen LogP contribution in [0.1, 0.15) is 56.9 Å². The van der Waals surface area contributed by atoms with Crippen LogP contribution in [0.15, 0.2) is 29.2 Å². The van der Waals surface area contributed by atoms with Crippen molar-refractivity contribution < 1.29 is 17.7 Å². The van der Waals surface area contributed by atoms with Gasteiger partial charge in [-0.2, -0.15) is 8.42 Å². The van der Waals surface area contributed by atoms with Crippen molar-refractivity contribution in [2.45, 2.75) is 75.4 Å². The molecule has 0 aromatic heterocycles. The van der Waals surface area contributed by atoms with Crippen molar-refractivity contribution in [1.29, 1.82) is 0 Å². The minimum atomic E-state index is -3.82. The second-order valence-corrected chi connectivity index (χ2v) is 7.74. The van der Waals surface area contributed by atoms with Gasteiger partial charge in [-0.25, -0.2) is 0 Å². The highest BCUT2D eigenvalue weighted by atomic mass is 32.2. The Hall–Kier alpha value is -0.910. The van der Waals surface area contributed by atoms with E-state index in [0.29, 0.717) is 12.8 Å². The van der Waals surface area contributed by atoms with Gasteiger partial charge in [-0.1, -0.05) is 56.2 Å². The summed E-state index contributed by atoms with van der Waals surface area (Å²) in [5.74, 6) is 0. The van der Waals surface area contributed by atoms with Crippen LogP contribution in [0, 0.1) is 6.92 Å². The van der Waals surface area contributed by atoms with Gasteiger partial charge in [0.25, 0.3) is 10.1 Å². The Bertz CT molecular complexity index is 551. The lowest BCUT2D eigenvalue weighted by molar-refractivity contribution is 0.0256. The fraction of sp³-hybridized carbons (Fsp3) is 0.647. The number of hydrogen-bond donors (Lipinski definition) is 1. The highest BCUT2D eigenvalue weighted by Crippen LogP contribution is 2.23. The number of hydrogen-bond acceptors (Lipinski definition) is 4. The summed E-state index contributed by atoms with van der Waals surface area (Å²) in [5.41, 5.74) is 0.998. The van der Waals surface area contributed by atoms with Crippen LogP contribution >= 0.6 is 0 Å². The van der Waals surface area contributed by atoms with Crippen molar-refractivity contribution in [3.8, 4) is 0 Å². The molecule has 1 saturated carbocycles. The van der Waals surface area contributed by atoms with Crippen LogP contribution < -0.4 is 0 Å². The normalized spacial score (nSPS) is 24.8. The molecule has 2 rings (SSSR count). The van der Waals surface area contributed by atoms with Crippen molar-refractivity contribution >= 4 is 10.1 Å². The monoisotopic (exact) mass is 326 g/mol. The molecule has 0 radical (unpaired) electrons. The van der Waals surface area contributed by atoms with Gasteiger partial charge in [0.2, 0.25) is 0 Å². The maximum absolute atomic E-state index is 12.4. The Balaban J connectivity index is 2.08. The van der Waals surface area contributed by atoms with Crippen LogP contribution in [0.25, 0.3) is 0 Å². The molecular weight excluding hydrogens is 300 g/mol. The van der Waals surface area contributed by atoms with E-state index in [0.717, 1.165) is 31.2 Å². The van der Waals surface area contributed by atoms with Gasteiger partial charge in [0, 0.05) is 0 Å². The molecule has 1 N–H and O–H groups in total. The summed E-state index contributed by atoms with van der Waals surface area (Å²) in [6.45, 7) is 1.91. The lowest BCUT2D eigenvalue weighted by atomic mass is 9.97. The summed E-state index contributed by atoms with van der Waals surface area (Å²) < 4.78 is 30.1. The molecule has 0 bridgehead atoms. The first kappa shape index (κ1) is 17.4. The van der Waals surface area contributed by atoms with Crippen LogP contribution in [-0.2, 0) is 14.3 Å². The van der Waals surface area contributed by atoms with Crippen LogP contribution in [0.3, 0.4) is 0 Å². The van der Waals surface area contributed by atoms with E-state index >= 15 is 0 Å². The quantitative estimate of drug-likeness (QED) is 0.863. The van der Waals surface area contributed by atoms with E-state index in [1.54, 1.807) is 24.3 Å². The van der Waals surface area contributed by atoms with Crippen LogP contribution in [0.2, 0.25) is 0 Å². The third-order valence-corrected chi connectivity index (χ3v) is 5.58. The zero-order valence-electron chi connectivity index (χ0n) is 13.2. The van der Waals surface area contributed by atoms with E-state index in [1.165, 1.54) is 12.8 Å². The lowest BCUT2D eigenvalue weighted by Crippen LogP contribution is -2.31. The Labute approximate surface area is 133 Å². The summed E-state index contributed by atoms with van der Waals surface area (Å²) in [7, 11) is -3.82. The first-order valence-electron chi connectivity index (χ1n) is 8.17. The van der Waals surface area contributed by atoms with E-state index in [1.807, 2.05) is 6.92 Å². The van der Waals surface area contributed by atoms with Crippen molar-refractivity contribution in [2.75, 3.05) is 0 Å². The number of aliphatic hydroxyl groups excluding tert-OH is 1. The minimum Gasteiger partial charge on any atom is -0.390 e. The molecule has 1 aromatic rings. The lowest BCUT2D eigenvalue weighted by Gasteiger charge is -2.24. The van der Waals surface area contributed by atoms with Crippen LogP contribution in [0.5, 0.6) is 0 Å². The third kappa shape index (κ3) is 5.07. The average molecular weight is 326 g/mol. The summed E-state index contributed by atoms with van der Waals surface area (Å²) >= 11 is 0. The van der Waals surface area contributed by atoms with E-state index in [9.17, 15) is 13.5 Å². The number of aryl methyl sites for hydroxylation is 1. The Morgan fingerprint density at radius 3 is 2.14 bits per heavy atom. The molecule has 0 unspecified atom stereocenters. The first-order chi connectivity index (χ1) is 10.5. The van der Waals surface area contributed by atoms with E-state index in [4.69, 9.17) is 4.18 Å². The molecule has 4 nitrogen and oxygen atoms in total. The zero-order chi connectivity index (χ0) is 16.0. The van der Waals surface area contributed by atoms with E-state index in [2.05, 4.69) is 0 Å². The van der Waals surface area contributed by atoms with E-state index < -0.39 is 22.3 Å². The molecule has 0 amide bonds.